The monoisotopic (exact) mass is 996 g/mol. The van der Waals surface area contributed by atoms with Gasteiger partial charge in [0.2, 0.25) is 53.2 Å². The van der Waals surface area contributed by atoms with Gasteiger partial charge in [0.05, 0.1) is 39.0 Å². The van der Waals surface area contributed by atoms with Crippen LogP contribution in [-0.2, 0) is 57.5 Å². The number of aliphatic hydroxyl groups excluding tert-OH is 2. The first-order chi connectivity index (χ1) is 32.8. The number of nitrogens with one attached hydrogen (secondary N) is 6. The quantitative estimate of drug-likeness (QED) is 0.0344. The van der Waals surface area contributed by atoms with Gasteiger partial charge in [-0.1, -0.05) is 16.7 Å². The van der Waals surface area contributed by atoms with E-state index >= 15 is 0 Å². The van der Waals surface area contributed by atoms with Crippen LogP contribution in [0.2, 0.25) is 0 Å². The van der Waals surface area contributed by atoms with Gasteiger partial charge in [-0.05, 0) is 59.3 Å². The molecule has 29 heteroatoms. The molecule has 1 heterocycles. The number of amides is 9. The Bertz CT molecular complexity index is 2040. The molecule has 0 saturated carbocycles. The van der Waals surface area contributed by atoms with E-state index in [-0.39, 0.29) is 51.2 Å². The summed E-state index contributed by atoms with van der Waals surface area (Å²) in [4.78, 5) is 151. The maximum absolute atomic E-state index is 14.1. The molecule has 70 heavy (non-hydrogen) atoms. The van der Waals surface area contributed by atoms with E-state index < -0.39 is 179 Å². The molecule has 1 fully saturated rings. The lowest BCUT2D eigenvalue weighted by Crippen LogP contribution is -2.61. The van der Waals surface area contributed by atoms with Gasteiger partial charge in [-0.15, -0.1) is 0 Å². The number of hydrogen-bond donors (Lipinski definition) is 11. The first kappa shape index (κ1) is 60.7. The molecule has 1 rings (SSSR count). The molecule has 0 aliphatic carbocycles. The van der Waals surface area contributed by atoms with Crippen LogP contribution in [0.5, 0.6) is 0 Å². The van der Waals surface area contributed by atoms with Crippen molar-refractivity contribution in [3.63, 3.8) is 0 Å². The number of nitrogens with zero attached hydrogens (tertiary/aromatic N) is 3. The van der Waals surface area contributed by atoms with E-state index in [1.165, 1.54) is 20.8 Å². The molecule has 0 aromatic heterocycles. The van der Waals surface area contributed by atoms with E-state index in [4.69, 9.17) is 15.3 Å². The molecule has 1 aliphatic heterocycles. The summed E-state index contributed by atoms with van der Waals surface area (Å²) in [6.07, 6.45) is -2.00. The summed E-state index contributed by atoms with van der Waals surface area (Å²) in [6.45, 7) is -1.25. The van der Waals surface area contributed by atoms with Crippen LogP contribution in [0.15, 0.2) is 34.9 Å². The van der Waals surface area contributed by atoms with Crippen LogP contribution < -0.4 is 31.9 Å². The Morgan fingerprint density at radius 3 is 1.06 bits per heavy atom. The number of hydroxylamine groups is 6. The highest BCUT2D eigenvalue weighted by Crippen LogP contribution is 2.11. The molecule has 0 radical (unpaired) electrons. The molecule has 1 saturated heterocycles. The van der Waals surface area contributed by atoms with Crippen LogP contribution in [0.25, 0.3) is 0 Å². The fraction of sp³-hybridized carbons (Fsp3) is 0.561. The highest BCUT2D eigenvalue weighted by Gasteiger charge is 2.33. The lowest BCUT2D eigenvalue weighted by molar-refractivity contribution is -0.137. The average molecular weight is 997 g/mol. The second-order valence-corrected chi connectivity index (χ2v) is 15.9. The first-order valence-corrected chi connectivity index (χ1v) is 21.4. The summed E-state index contributed by atoms with van der Waals surface area (Å²) in [7, 11) is 0. The van der Waals surface area contributed by atoms with Gasteiger partial charge < -0.3 is 88.2 Å². The highest BCUT2D eigenvalue weighted by atomic mass is 16.5. The average Bonchev–Trinajstić information content (AvgIpc) is 3.26. The minimum absolute atomic E-state index is 0.0171. The molecule has 9 amide bonds. The standard InChI is InChI=1S/C41H58N9O20/c1-22(16-34(57)58)13-31(54)48(68)10-4-7-25-38(64)44-26(8-5-11-49(69)32(55)14-23(2)17-35(59)60)39(65)45-27(9-6-12-50(70)33(56)15-24(3)18-36(61)62)40(66)47-29(21-52)41(67)46-28(20-51)37(63)42-19-30(53)43-25/h13-15,25-29,51-52H,4-12,16-21H2,1-3H3,(H,42,63)(H,43,53)(H,44,64)(H,45,65)(H,46,67)(H,47,66)(H,57,58)(H,59,60)(H,61,62)/q-3/b22-13-,23-14+,24-15-. The lowest BCUT2D eigenvalue weighted by atomic mass is 10.0. The van der Waals surface area contributed by atoms with E-state index in [0.717, 1.165) is 18.2 Å². The molecule has 5 unspecified atom stereocenters. The van der Waals surface area contributed by atoms with Gasteiger partial charge in [-0.3, -0.25) is 57.5 Å². The predicted octanol–water partition coefficient (Wildman–Crippen LogP) is -3.89. The maximum Gasteiger partial charge on any atom is 0.307 e. The molecule has 11 N–H and O–H groups in total. The van der Waals surface area contributed by atoms with E-state index in [1.54, 1.807) is 0 Å². The van der Waals surface area contributed by atoms with Crippen LogP contribution >= 0.6 is 0 Å². The van der Waals surface area contributed by atoms with Gasteiger partial charge in [0, 0.05) is 37.9 Å². The molecule has 0 bridgehead atoms. The normalized spacial score (nSPS) is 20.2. The fourth-order valence-corrected chi connectivity index (χ4v) is 6.18. The van der Waals surface area contributed by atoms with Crippen molar-refractivity contribution in [2.75, 3.05) is 39.4 Å². The molecule has 5 atom stereocenters. The molecule has 0 aromatic carbocycles. The summed E-state index contributed by atoms with van der Waals surface area (Å²) in [5, 5.41) is 97.5. The van der Waals surface area contributed by atoms with Crippen LogP contribution in [0.4, 0.5) is 0 Å². The van der Waals surface area contributed by atoms with Crippen molar-refractivity contribution in [3.8, 4) is 0 Å². The van der Waals surface area contributed by atoms with Gasteiger partial charge in [-0.2, -0.15) is 0 Å². The van der Waals surface area contributed by atoms with Gasteiger partial charge in [-0.25, -0.2) is 0 Å². The van der Waals surface area contributed by atoms with E-state index in [2.05, 4.69) is 31.9 Å². The van der Waals surface area contributed by atoms with Crippen molar-refractivity contribution >= 4 is 71.1 Å². The summed E-state index contributed by atoms with van der Waals surface area (Å²) >= 11 is 0. The van der Waals surface area contributed by atoms with Crippen LogP contribution in [0, 0.1) is 15.6 Å². The number of carboxylic acids is 3. The van der Waals surface area contributed by atoms with Crippen LogP contribution in [0.1, 0.15) is 78.6 Å². The summed E-state index contributed by atoms with van der Waals surface area (Å²) in [6, 6.07) is -8.95. The third-order valence-corrected chi connectivity index (χ3v) is 9.67. The predicted molar refractivity (Wildman–Crippen MR) is 238 cm³/mol. The zero-order chi connectivity index (χ0) is 53.2. The summed E-state index contributed by atoms with van der Waals surface area (Å²) in [5.74, 6) is -14.5. The second kappa shape index (κ2) is 30.9. The third-order valence-electron chi connectivity index (χ3n) is 9.67. The fourth-order valence-electron chi connectivity index (χ4n) is 6.18. The number of aliphatic carboxylic acids is 3. The van der Waals surface area contributed by atoms with Crippen molar-refractivity contribution in [2.45, 2.75) is 109 Å². The Labute approximate surface area is 399 Å². The first-order valence-electron chi connectivity index (χ1n) is 21.4. The van der Waals surface area contributed by atoms with Crippen molar-refractivity contribution in [1.82, 2.24) is 47.1 Å². The smallest absolute Gasteiger partial charge is 0.307 e. The zero-order valence-electron chi connectivity index (χ0n) is 38.4. The molecule has 29 nitrogen and oxygen atoms in total. The van der Waals surface area contributed by atoms with Gasteiger partial charge in [0.15, 0.2) is 0 Å². The number of carbonyl (C=O) groups excluding carboxylic acids is 9. The Morgan fingerprint density at radius 2 is 0.757 bits per heavy atom. The van der Waals surface area contributed by atoms with E-state index in [1.807, 2.05) is 0 Å². The molecule has 390 valence electrons. The highest BCUT2D eigenvalue weighted by molar-refractivity contribution is 5.98. The van der Waals surface area contributed by atoms with Crippen molar-refractivity contribution < 1.29 is 83.1 Å². The number of carboxylic acid groups (broad SMARTS) is 3. The number of rotatable bonds is 23. The lowest BCUT2D eigenvalue weighted by Gasteiger charge is -2.30. The number of hydrogen-bond acceptors (Lipinski definition) is 17. The summed E-state index contributed by atoms with van der Waals surface area (Å²) in [5.41, 5.74) is 0.0703. The van der Waals surface area contributed by atoms with Crippen molar-refractivity contribution in [1.29, 1.82) is 0 Å². The minimum Gasteiger partial charge on any atom is -0.756 e. The number of aliphatic hydroxyl groups is 2. The topological polar surface area (TPSA) is 457 Å². The van der Waals surface area contributed by atoms with E-state index in [9.17, 15) is 83.4 Å². The van der Waals surface area contributed by atoms with Crippen LogP contribution in [-0.4, -0.2) is 181 Å². The third kappa shape index (κ3) is 23.6. The van der Waals surface area contributed by atoms with Crippen molar-refractivity contribution in [3.05, 3.63) is 50.6 Å². The Kier molecular flexibility index (Phi) is 26.8. The Morgan fingerprint density at radius 1 is 0.486 bits per heavy atom. The minimum atomic E-state index is -1.88. The van der Waals surface area contributed by atoms with Gasteiger partial charge >= 0.3 is 17.9 Å². The molecular weight excluding hydrogens is 938 g/mol. The molecule has 0 aromatic rings. The number of carbonyl (C=O) groups is 12. The van der Waals surface area contributed by atoms with E-state index in [0.29, 0.717) is 0 Å². The Hall–Kier alpha value is -7.34. The second-order valence-electron chi connectivity index (χ2n) is 15.9. The largest absolute Gasteiger partial charge is 0.756 e. The van der Waals surface area contributed by atoms with Gasteiger partial charge in [0.25, 0.3) is 0 Å². The molecule has 0 spiro atoms. The summed E-state index contributed by atoms with van der Waals surface area (Å²) < 4.78 is 0. The Balaban J connectivity index is 3.72. The van der Waals surface area contributed by atoms with Gasteiger partial charge in [0.1, 0.15) is 30.2 Å². The van der Waals surface area contributed by atoms with Crippen molar-refractivity contribution in [2.24, 2.45) is 0 Å². The molecule has 1 aliphatic rings. The maximum atomic E-state index is 14.1. The van der Waals surface area contributed by atoms with Crippen LogP contribution in [0.3, 0.4) is 0 Å². The molecular formula is C41H58N9O20-3. The zero-order valence-corrected chi connectivity index (χ0v) is 38.4. The SMILES string of the molecule is C/C(=C/C(=O)N([O-])CCCC1NC(=O)CNC(=O)C(CO)NC(=O)C(CO)NC(=O)C(CCCN([O-])C(=O)/C=C(/C)CC(=O)O)NC(=O)C(CCCN([O-])C(=O)/C=C(\C)CC(=O)O)NC1=O)CC(=O)O.